The SMILES string of the molecule is c1n[nH]c2c1CNC(c1cc3c([nH]1)CCNC3)C2. The lowest BCUT2D eigenvalue weighted by Gasteiger charge is -2.22. The highest BCUT2D eigenvalue weighted by Gasteiger charge is 2.23. The Morgan fingerprint density at radius 2 is 2.17 bits per heavy atom. The van der Waals surface area contributed by atoms with Gasteiger partial charge < -0.3 is 15.6 Å². The monoisotopic (exact) mass is 243 g/mol. The summed E-state index contributed by atoms with van der Waals surface area (Å²) in [7, 11) is 0. The molecule has 4 rings (SSSR count). The van der Waals surface area contributed by atoms with Crippen molar-refractivity contribution in [2.75, 3.05) is 6.54 Å². The molecule has 0 bridgehead atoms. The Balaban J connectivity index is 1.62. The van der Waals surface area contributed by atoms with E-state index >= 15 is 0 Å². The van der Waals surface area contributed by atoms with Crippen LogP contribution in [0.2, 0.25) is 0 Å². The summed E-state index contributed by atoms with van der Waals surface area (Å²) in [5.41, 5.74) is 6.70. The Kier molecular flexibility index (Phi) is 2.28. The summed E-state index contributed by atoms with van der Waals surface area (Å²) in [6.45, 7) is 2.97. The van der Waals surface area contributed by atoms with Crippen LogP contribution >= 0.6 is 0 Å². The van der Waals surface area contributed by atoms with Crippen LogP contribution in [0.25, 0.3) is 0 Å². The van der Waals surface area contributed by atoms with Crippen molar-refractivity contribution >= 4 is 0 Å². The van der Waals surface area contributed by atoms with Crippen LogP contribution in [0.1, 0.15) is 34.3 Å². The molecule has 4 N–H and O–H groups in total. The van der Waals surface area contributed by atoms with Gasteiger partial charge in [-0.3, -0.25) is 5.10 Å². The lowest BCUT2D eigenvalue weighted by Crippen LogP contribution is -2.28. The summed E-state index contributed by atoms with van der Waals surface area (Å²) in [6.07, 6.45) is 4.02. The number of aromatic nitrogens is 3. The maximum atomic E-state index is 4.11. The highest BCUT2D eigenvalue weighted by molar-refractivity contribution is 5.32. The number of hydrogen-bond donors (Lipinski definition) is 4. The smallest absolute Gasteiger partial charge is 0.0535 e. The van der Waals surface area contributed by atoms with Crippen molar-refractivity contribution in [3.63, 3.8) is 0 Å². The van der Waals surface area contributed by atoms with Crippen LogP contribution in [0.15, 0.2) is 12.3 Å². The second-order valence-electron chi connectivity index (χ2n) is 5.17. The molecule has 2 aromatic rings. The van der Waals surface area contributed by atoms with E-state index in [4.69, 9.17) is 0 Å². The first-order valence-corrected chi connectivity index (χ1v) is 6.56. The van der Waals surface area contributed by atoms with Gasteiger partial charge in [0.15, 0.2) is 0 Å². The van der Waals surface area contributed by atoms with E-state index in [0.717, 1.165) is 32.5 Å². The van der Waals surface area contributed by atoms with E-state index in [9.17, 15) is 0 Å². The zero-order valence-corrected chi connectivity index (χ0v) is 10.2. The van der Waals surface area contributed by atoms with E-state index < -0.39 is 0 Å². The Morgan fingerprint density at radius 3 is 3.11 bits per heavy atom. The average Bonchev–Trinajstić information content (AvgIpc) is 3.04. The van der Waals surface area contributed by atoms with Gasteiger partial charge in [-0.15, -0.1) is 0 Å². The topological polar surface area (TPSA) is 68.5 Å². The van der Waals surface area contributed by atoms with Gasteiger partial charge in [-0.2, -0.15) is 5.10 Å². The Labute approximate surface area is 105 Å². The molecule has 0 fully saturated rings. The molecule has 4 heterocycles. The second kappa shape index (κ2) is 3.96. The summed E-state index contributed by atoms with van der Waals surface area (Å²) >= 11 is 0. The van der Waals surface area contributed by atoms with Crippen LogP contribution in [0, 0.1) is 0 Å². The standard InChI is InChI=1S/C13H17N5/c1-2-14-5-8-3-13(17-10(1)8)12-4-11-9(6-15-12)7-16-18-11/h3,7,12,14-15,17H,1-2,4-6H2,(H,16,18). The molecule has 0 amide bonds. The molecule has 0 saturated heterocycles. The molecule has 94 valence electrons. The first-order chi connectivity index (χ1) is 8.90. The number of aromatic amines is 2. The molecular formula is C13H17N5. The number of fused-ring (bicyclic) bond motifs is 2. The molecule has 2 aliphatic rings. The summed E-state index contributed by atoms with van der Waals surface area (Å²) < 4.78 is 0. The van der Waals surface area contributed by atoms with Crippen LogP contribution in [0.3, 0.4) is 0 Å². The van der Waals surface area contributed by atoms with Crippen LogP contribution in [0.5, 0.6) is 0 Å². The predicted molar refractivity (Wildman–Crippen MR) is 68.1 cm³/mol. The molecule has 1 unspecified atom stereocenters. The van der Waals surface area contributed by atoms with Gasteiger partial charge in [0, 0.05) is 55.1 Å². The average molecular weight is 243 g/mol. The number of H-pyrrole nitrogens is 2. The van der Waals surface area contributed by atoms with Crippen molar-refractivity contribution in [2.24, 2.45) is 0 Å². The third-order valence-electron chi connectivity index (χ3n) is 4.01. The van der Waals surface area contributed by atoms with E-state index in [-0.39, 0.29) is 0 Å². The third kappa shape index (κ3) is 1.59. The van der Waals surface area contributed by atoms with Gasteiger partial charge in [0.05, 0.1) is 12.2 Å². The molecule has 0 aliphatic carbocycles. The number of hydrogen-bond acceptors (Lipinski definition) is 3. The van der Waals surface area contributed by atoms with Crippen molar-refractivity contribution in [3.8, 4) is 0 Å². The first-order valence-electron chi connectivity index (χ1n) is 6.56. The summed E-state index contributed by atoms with van der Waals surface area (Å²) in [5.74, 6) is 0. The maximum Gasteiger partial charge on any atom is 0.0535 e. The molecule has 0 spiro atoms. The fraction of sp³-hybridized carbons (Fsp3) is 0.462. The highest BCUT2D eigenvalue weighted by Crippen LogP contribution is 2.26. The Bertz CT molecular complexity index is 544. The number of nitrogens with one attached hydrogen (secondary N) is 4. The molecular weight excluding hydrogens is 226 g/mol. The van der Waals surface area contributed by atoms with Crippen molar-refractivity contribution in [2.45, 2.75) is 32.0 Å². The third-order valence-corrected chi connectivity index (χ3v) is 4.01. The minimum absolute atomic E-state index is 0.378. The van der Waals surface area contributed by atoms with Crippen LogP contribution < -0.4 is 10.6 Å². The summed E-state index contributed by atoms with van der Waals surface area (Å²) in [4.78, 5) is 3.59. The Hall–Kier alpha value is -1.59. The molecule has 2 aromatic heterocycles. The van der Waals surface area contributed by atoms with E-state index in [1.165, 1.54) is 28.2 Å². The van der Waals surface area contributed by atoms with Crippen molar-refractivity contribution in [1.29, 1.82) is 0 Å². The van der Waals surface area contributed by atoms with E-state index in [1.807, 2.05) is 6.20 Å². The fourth-order valence-corrected chi connectivity index (χ4v) is 2.97. The number of rotatable bonds is 1. The second-order valence-corrected chi connectivity index (χ2v) is 5.17. The minimum Gasteiger partial charge on any atom is -0.361 e. The van der Waals surface area contributed by atoms with Gasteiger partial charge in [0.1, 0.15) is 0 Å². The molecule has 1 atom stereocenters. The van der Waals surface area contributed by atoms with Crippen molar-refractivity contribution in [1.82, 2.24) is 25.8 Å². The number of nitrogens with zero attached hydrogens (tertiary/aromatic N) is 1. The summed E-state index contributed by atoms with van der Waals surface area (Å²) in [6, 6.07) is 2.68. The minimum atomic E-state index is 0.378. The molecule has 2 aliphatic heterocycles. The molecule has 0 radical (unpaired) electrons. The van der Waals surface area contributed by atoms with Gasteiger partial charge in [-0.05, 0) is 11.6 Å². The van der Waals surface area contributed by atoms with Crippen molar-refractivity contribution < 1.29 is 0 Å². The highest BCUT2D eigenvalue weighted by atomic mass is 15.1. The van der Waals surface area contributed by atoms with Gasteiger partial charge >= 0.3 is 0 Å². The molecule has 5 heteroatoms. The quantitative estimate of drug-likeness (QED) is 0.598. The van der Waals surface area contributed by atoms with Crippen LogP contribution in [-0.4, -0.2) is 21.7 Å². The molecule has 0 saturated carbocycles. The zero-order chi connectivity index (χ0) is 11.9. The lowest BCUT2D eigenvalue weighted by atomic mass is 10.0. The summed E-state index contributed by atoms with van der Waals surface area (Å²) in [5, 5.41) is 14.2. The molecule has 18 heavy (non-hydrogen) atoms. The van der Waals surface area contributed by atoms with Gasteiger partial charge in [-0.25, -0.2) is 0 Å². The zero-order valence-electron chi connectivity index (χ0n) is 10.2. The van der Waals surface area contributed by atoms with E-state index in [1.54, 1.807) is 0 Å². The van der Waals surface area contributed by atoms with Gasteiger partial charge in [0.25, 0.3) is 0 Å². The largest absolute Gasteiger partial charge is 0.361 e. The first kappa shape index (κ1) is 10.3. The normalized spacial score (nSPS) is 22.6. The van der Waals surface area contributed by atoms with E-state index in [2.05, 4.69) is 31.9 Å². The Morgan fingerprint density at radius 1 is 1.17 bits per heavy atom. The van der Waals surface area contributed by atoms with Crippen LogP contribution in [0.4, 0.5) is 0 Å². The van der Waals surface area contributed by atoms with Gasteiger partial charge in [0.2, 0.25) is 0 Å². The predicted octanol–water partition coefficient (Wildman–Crippen LogP) is 0.770. The fourth-order valence-electron chi connectivity index (χ4n) is 2.97. The van der Waals surface area contributed by atoms with Crippen LogP contribution in [-0.2, 0) is 25.9 Å². The van der Waals surface area contributed by atoms with Gasteiger partial charge in [-0.1, -0.05) is 0 Å². The van der Waals surface area contributed by atoms with Crippen molar-refractivity contribution in [3.05, 3.63) is 40.5 Å². The lowest BCUT2D eigenvalue weighted by molar-refractivity contribution is 0.485. The van der Waals surface area contributed by atoms with E-state index in [0.29, 0.717) is 6.04 Å². The maximum absolute atomic E-state index is 4.11. The molecule has 5 nitrogen and oxygen atoms in total. The molecule has 0 aromatic carbocycles.